The molecule has 5 nitrogen and oxygen atoms in total. The normalized spacial score (nSPS) is 13.6. The van der Waals surface area contributed by atoms with E-state index in [2.05, 4.69) is 11.0 Å². The Hall–Kier alpha value is -3.57. The van der Waals surface area contributed by atoms with Gasteiger partial charge in [-0.15, -0.1) is 11.3 Å². The molecule has 8 heteroatoms. The molecule has 2 aromatic carbocycles. The van der Waals surface area contributed by atoms with Gasteiger partial charge in [0.2, 0.25) is 0 Å². The fourth-order valence-corrected chi connectivity index (χ4v) is 5.31. The molecule has 0 atom stereocenters. The number of ether oxygens (including phenoxy) is 2. The minimum atomic E-state index is -0.504. The number of aromatic nitrogens is 1. The molecule has 0 saturated carbocycles. The first kappa shape index (κ1) is 25.5. The summed E-state index contributed by atoms with van der Waals surface area (Å²) in [6.07, 6.45) is 5.70. The first-order chi connectivity index (χ1) is 17.6. The van der Waals surface area contributed by atoms with Crippen molar-refractivity contribution in [3.8, 4) is 33.7 Å². The van der Waals surface area contributed by atoms with Crippen LogP contribution in [0.3, 0.4) is 0 Å². The van der Waals surface area contributed by atoms with Gasteiger partial charge in [-0.25, -0.2) is 9.65 Å². The summed E-state index contributed by atoms with van der Waals surface area (Å²) in [4.78, 5) is 5.49. The van der Waals surface area contributed by atoms with Gasteiger partial charge < -0.3 is 15.2 Å². The van der Waals surface area contributed by atoms with E-state index < -0.39 is 5.82 Å². The van der Waals surface area contributed by atoms with Crippen LogP contribution in [0, 0.1) is 23.0 Å². The molecule has 5 rings (SSSR count). The number of rotatable bonds is 6. The lowest BCUT2D eigenvalue weighted by atomic mass is 9.42. The fourth-order valence-electron chi connectivity index (χ4n) is 4.24. The maximum atomic E-state index is 14.2. The number of nitrogen functional groups attached to an aromatic ring is 1. The van der Waals surface area contributed by atoms with Crippen molar-refractivity contribution < 1.29 is 13.9 Å². The molecule has 0 bridgehead atoms. The summed E-state index contributed by atoms with van der Waals surface area (Å²) in [6.45, 7) is 4.90. The number of hydrogen-bond donors (Lipinski definition) is 1. The van der Waals surface area contributed by atoms with Crippen LogP contribution in [0.2, 0.25) is 12.6 Å². The highest BCUT2D eigenvalue weighted by molar-refractivity contribution is 7.22. The third-order valence-corrected chi connectivity index (χ3v) is 7.39. The molecule has 1 fully saturated rings. The summed E-state index contributed by atoms with van der Waals surface area (Å²) in [5.74, 6) is 3.90. The monoisotopic (exact) mass is 501 g/mol. The lowest BCUT2D eigenvalue weighted by molar-refractivity contribution is 0.236. The van der Waals surface area contributed by atoms with E-state index in [0.29, 0.717) is 24.0 Å². The predicted octanol–water partition coefficient (Wildman–Crippen LogP) is 7.85. The van der Waals surface area contributed by atoms with Crippen molar-refractivity contribution >= 4 is 34.0 Å². The summed E-state index contributed by atoms with van der Waals surface area (Å²) in [5, 5.41) is 9.04. The Morgan fingerprint density at radius 1 is 1.08 bits per heavy atom. The average molecular weight is 501 g/mol. The van der Waals surface area contributed by atoms with Crippen LogP contribution in [0.25, 0.3) is 20.7 Å². The van der Waals surface area contributed by atoms with Gasteiger partial charge in [0.15, 0.2) is 11.6 Å². The maximum Gasteiger partial charge on any atom is 0.267 e. The minimum absolute atomic E-state index is 0.124. The van der Waals surface area contributed by atoms with E-state index in [0.717, 1.165) is 51.9 Å². The Bertz CT molecular complexity index is 1350. The van der Waals surface area contributed by atoms with E-state index >= 15 is 0 Å². The number of nitrogens with two attached hydrogens (primary N) is 1. The van der Waals surface area contributed by atoms with E-state index in [9.17, 15) is 4.39 Å². The van der Waals surface area contributed by atoms with Gasteiger partial charge in [-0.1, -0.05) is 39.3 Å². The zero-order chi connectivity index (χ0) is 25.5. The van der Waals surface area contributed by atoms with Crippen LogP contribution >= 0.6 is 11.3 Å². The van der Waals surface area contributed by atoms with Crippen molar-refractivity contribution in [3.63, 3.8) is 0 Å². The van der Waals surface area contributed by atoms with Gasteiger partial charge in [0.1, 0.15) is 11.5 Å². The number of thiophene rings is 1. The largest absolute Gasteiger partial charge is 0.493 e. The van der Waals surface area contributed by atoms with Crippen LogP contribution in [0.5, 0.6) is 17.2 Å². The van der Waals surface area contributed by atoms with E-state index in [1.54, 1.807) is 29.7 Å². The highest BCUT2D eigenvalue weighted by atomic mass is 32.1. The lowest BCUT2D eigenvalue weighted by Crippen LogP contribution is -2.23. The van der Waals surface area contributed by atoms with Gasteiger partial charge >= 0.3 is 0 Å². The average Bonchev–Trinajstić information content (AvgIpc) is 3.36. The Kier molecular flexibility index (Phi) is 8.45. The van der Waals surface area contributed by atoms with Crippen molar-refractivity contribution in [3.05, 3.63) is 66.6 Å². The molecule has 0 aliphatic carbocycles. The zero-order valence-corrected chi connectivity index (χ0v) is 21.4. The van der Waals surface area contributed by atoms with E-state index in [4.69, 9.17) is 20.5 Å². The van der Waals surface area contributed by atoms with E-state index in [1.807, 2.05) is 44.2 Å². The molecule has 0 radical (unpaired) electrons. The first-order valence-corrected chi connectivity index (χ1v) is 13.1. The first-order valence-electron chi connectivity index (χ1n) is 12.3. The summed E-state index contributed by atoms with van der Waals surface area (Å²) in [5.41, 5.74) is 7.83. The molecule has 36 heavy (non-hydrogen) atoms. The molecule has 0 amide bonds. The number of hydrogen-bond acceptors (Lipinski definition) is 6. The highest BCUT2D eigenvalue weighted by Gasteiger charge is 2.24. The summed E-state index contributed by atoms with van der Waals surface area (Å²) >= 11 is 1.55. The van der Waals surface area contributed by atoms with Crippen LogP contribution in [0.1, 0.15) is 26.7 Å². The van der Waals surface area contributed by atoms with Crippen LogP contribution in [-0.2, 0) is 0 Å². The van der Waals surface area contributed by atoms with Crippen LogP contribution in [0.4, 0.5) is 10.1 Å². The van der Waals surface area contributed by atoms with Crippen molar-refractivity contribution in [2.75, 3.05) is 12.3 Å². The molecular formula is C28H29BFN3O2S. The molecule has 2 aromatic heterocycles. The Morgan fingerprint density at radius 2 is 1.83 bits per heavy atom. The third kappa shape index (κ3) is 5.97. The minimum Gasteiger partial charge on any atom is -0.493 e. The smallest absolute Gasteiger partial charge is 0.267 e. The molecule has 0 spiro atoms. The molecule has 1 aliphatic heterocycles. The SMILES string of the molecule is CC.N#CB1CCC(COc2ccc(-c3cc4nccc(Oc5ccc(N)cc5F)c4s3)cc2)CC1. The Balaban J connectivity index is 0.00000148. The second kappa shape index (κ2) is 11.9. The predicted molar refractivity (Wildman–Crippen MR) is 146 cm³/mol. The molecule has 1 aliphatic rings. The summed E-state index contributed by atoms with van der Waals surface area (Å²) in [7, 11) is 0. The van der Waals surface area contributed by atoms with Gasteiger partial charge in [-0.05, 0) is 53.9 Å². The van der Waals surface area contributed by atoms with Crippen molar-refractivity contribution in [1.82, 2.24) is 4.98 Å². The molecule has 4 aromatic rings. The van der Waals surface area contributed by atoms with Gasteiger partial charge in [0, 0.05) is 34.9 Å². The van der Waals surface area contributed by atoms with Gasteiger partial charge in [-0.2, -0.15) is 0 Å². The van der Waals surface area contributed by atoms with E-state index in [1.165, 1.54) is 12.1 Å². The summed E-state index contributed by atoms with van der Waals surface area (Å²) in [6, 6.07) is 16.2. The standard InChI is InChI=1S/C26H23BFN3O2S.C2H6/c28-21-13-19(30)3-6-23(21)33-24-9-12-31-22-14-25(34-26(22)24)18-1-4-20(5-2-18)32-15-17-7-10-27(16-29)11-8-17;1-2/h1-6,9,12-14,17H,7-8,10-11,15,30H2;1-2H3. The lowest BCUT2D eigenvalue weighted by Gasteiger charge is -2.23. The van der Waals surface area contributed by atoms with Crippen LogP contribution in [-0.4, -0.2) is 18.3 Å². The number of anilines is 1. The van der Waals surface area contributed by atoms with Crippen LogP contribution in [0.15, 0.2) is 60.8 Å². The number of nitrogens with zero attached hydrogens (tertiary/aromatic N) is 2. The molecule has 3 heterocycles. The molecule has 2 N–H and O–H groups in total. The topological polar surface area (TPSA) is 81.2 Å². The van der Waals surface area contributed by atoms with E-state index in [-0.39, 0.29) is 12.5 Å². The highest BCUT2D eigenvalue weighted by Crippen LogP contribution is 2.40. The molecule has 1 saturated heterocycles. The molecule has 184 valence electrons. The Morgan fingerprint density at radius 3 is 2.53 bits per heavy atom. The second-order valence-corrected chi connectivity index (χ2v) is 9.66. The summed E-state index contributed by atoms with van der Waals surface area (Å²) < 4.78 is 26.9. The quantitative estimate of drug-likeness (QED) is 0.215. The van der Waals surface area contributed by atoms with Gasteiger partial charge in [0.05, 0.1) is 16.8 Å². The number of nitriles is 1. The second-order valence-electron chi connectivity index (χ2n) is 8.61. The number of pyridine rings is 1. The van der Waals surface area contributed by atoms with Crippen LogP contribution < -0.4 is 15.2 Å². The van der Waals surface area contributed by atoms with Crippen molar-refractivity contribution in [2.24, 2.45) is 5.92 Å². The zero-order valence-electron chi connectivity index (χ0n) is 20.5. The Labute approximate surface area is 215 Å². The number of halogens is 1. The van der Waals surface area contributed by atoms with Crippen molar-refractivity contribution in [1.29, 1.82) is 5.26 Å². The van der Waals surface area contributed by atoms with Gasteiger partial charge in [-0.3, -0.25) is 4.98 Å². The molecule has 0 unspecified atom stereocenters. The van der Waals surface area contributed by atoms with Gasteiger partial charge in [0.25, 0.3) is 6.71 Å². The molecular weight excluding hydrogens is 472 g/mol. The van der Waals surface area contributed by atoms with Crippen molar-refractivity contribution in [2.45, 2.75) is 39.3 Å². The fraction of sp³-hybridized carbons (Fsp3) is 0.286. The maximum absolute atomic E-state index is 14.2. The number of benzene rings is 2. The number of fused-ring (bicyclic) bond motifs is 1. The third-order valence-electron chi connectivity index (χ3n) is 6.21.